The summed E-state index contributed by atoms with van der Waals surface area (Å²) in [6.07, 6.45) is 0.740. The summed E-state index contributed by atoms with van der Waals surface area (Å²) in [5, 5.41) is 0. The predicted octanol–water partition coefficient (Wildman–Crippen LogP) is 1.31. The molecule has 3 heteroatoms. The van der Waals surface area contributed by atoms with Crippen molar-refractivity contribution in [1.29, 1.82) is 0 Å². The van der Waals surface area contributed by atoms with Gasteiger partial charge in [0.1, 0.15) is 0 Å². The number of thiol groups is 1. The van der Waals surface area contributed by atoms with Gasteiger partial charge in [0.05, 0.1) is 7.85 Å². The maximum absolute atomic E-state index is 5.23. The van der Waals surface area contributed by atoms with Crippen LogP contribution < -0.4 is 0 Å². The molecule has 0 aromatic carbocycles. The van der Waals surface area contributed by atoms with Gasteiger partial charge in [0, 0.05) is 9.68 Å². The van der Waals surface area contributed by atoms with E-state index in [0.717, 1.165) is 12.1 Å². The van der Waals surface area contributed by atoms with Crippen molar-refractivity contribution < 1.29 is 0 Å². The lowest BCUT2D eigenvalue weighted by Gasteiger charge is -1.96. The van der Waals surface area contributed by atoms with Crippen molar-refractivity contribution in [2.24, 2.45) is 0 Å². The Balaban J connectivity index is 2.75. The first-order valence-corrected chi connectivity index (χ1v) is 3.64. The third kappa shape index (κ3) is 3.34. The zero-order valence-corrected chi connectivity index (χ0v) is 6.45. The summed E-state index contributed by atoms with van der Waals surface area (Å²) in [5.41, 5.74) is 0. The van der Waals surface area contributed by atoms with Crippen LogP contribution in [0.3, 0.4) is 0 Å². The highest BCUT2D eigenvalue weighted by Gasteiger charge is 1.91. The van der Waals surface area contributed by atoms with Crippen molar-refractivity contribution in [1.82, 2.24) is 0 Å². The first kappa shape index (κ1) is 7.14. The van der Waals surface area contributed by atoms with Gasteiger partial charge in [0.25, 0.3) is 0 Å². The van der Waals surface area contributed by atoms with E-state index in [-0.39, 0.29) is 0 Å². The lowest BCUT2D eigenvalue weighted by molar-refractivity contribution is 1.18. The van der Waals surface area contributed by atoms with E-state index in [9.17, 15) is 0 Å². The third-order valence-corrected chi connectivity index (χ3v) is 2.54. The topological polar surface area (TPSA) is 0 Å². The molecule has 0 heterocycles. The second kappa shape index (κ2) is 4.31. The fourth-order valence-electron chi connectivity index (χ4n) is 0.0745. The van der Waals surface area contributed by atoms with Crippen LogP contribution in [0.5, 0.6) is 0 Å². The van der Waals surface area contributed by atoms with Crippen LogP contribution >= 0.6 is 35.2 Å². The molecule has 0 fully saturated rings. The van der Waals surface area contributed by atoms with E-state index < -0.39 is 0 Å². The van der Waals surface area contributed by atoms with Crippen molar-refractivity contribution in [2.45, 2.75) is 10.2 Å². The molecular weight excluding hydrogens is 206 g/mol. The van der Waals surface area contributed by atoms with E-state index >= 15 is 0 Å². The van der Waals surface area contributed by atoms with Crippen LogP contribution in [-0.2, 0) is 0 Å². The highest BCUT2D eigenvalue weighted by atomic mass is 127. The van der Waals surface area contributed by atoms with Crippen molar-refractivity contribution in [3.05, 3.63) is 0 Å². The molecule has 0 aliphatic carbocycles. The van der Waals surface area contributed by atoms with Gasteiger partial charge in [-0.15, -0.1) is 0 Å². The lowest BCUT2D eigenvalue weighted by Crippen LogP contribution is -1.95. The average Bonchev–Trinajstić information content (AvgIpc) is 1.65. The third-order valence-electron chi connectivity index (χ3n) is 0.454. The second-order valence-corrected chi connectivity index (χ2v) is 3.14. The fraction of sp³-hybridized carbons (Fsp3) is 1.00. The molecule has 0 aliphatic heterocycles. The minimum absolute atomic E-state index is 0.547. The van der Waals surface area contributed by atoms with Gasteiger partial charge in [-0.05, 0) is 0 Å². The molecule has 0 aliphatic rings. The second-order valence-electron chi connectivity index (χ2n) is 1.02. The van der Waals surface area contributed by atoms with Crippen molar-refractivity contribution in [3.8, 4) is 0 Å². The summed E-state index contributed by atoms with van der Waals surface area (Å²) in [7, 11) is 5.23. The Labute approximate surface area is 59.0 Å². The Hall–Kier alpha value is 1.14. The van der Waals surface area contributed by atoms with E-state index in [4.69, 9.17) is 7.85 Å². The summed E-state index contributed by atoms with van der Waals surface area (Å²) >= 11 is 6.28. The molecule has 0 spiro atoms. The van der Waals surface area contributed by atoms with Gasteiger partial charge >= 0.3 is 0 Å². The molecule has 34 valence electrons. The van der Waals surface area contributed by atoms with Gasteiger partial charge in [-0.25, -0.2) is 0 Å². The molecule has 0 rings (SSSR count). The normalized spacial score (nSPS) is 14.3. The monoisotopic (exact) mass is 212 g/mol. The van der Waals surface area contributed by atoms with Crippen LogP contribution in [0.2, 0.25) is 6.32 Å². The van der Waals surface area contributed by atoms with Gasteiger partial charge in [0.15, 0.2) is 0 Å². The van der Waals surface area contributed by atoms with Gasteiger partial charge in [-0.3, -0.25) is 0 Å². The van der Waals surface area contributed by atoms with Crippen molar-refractivity contribution >= 4 is 43.1 Å². The number of halogens is 1. The van der Waals surface area contributed by atoms with E-state index in [1.54, 1.807) is 0 Å². The molecule has 6 heavy (non-hydrogen) atoms. The van der Waals surface area contributed by atoms with Crippen LogP contribution in [0.25, 0.3) is 0 Å². The lowest BCUT2D eigenvalue weighted by atomic mass is 10.0. The van der Waals surface area contributed by atoms with Crippen LogP contribution in [0.15, 0.2) is 0 Å². The van der Waals surface area contributed by atoms with Crippen molar-refractivity contribution in [3.63, 3.8) is 0 Å². The summed E-state index contributed by atoms with van der Waals surface area (Å²) in [6, 6.07) is 0. The summed E-state index contributed by atoms with van der Waals surface area (Å²) in [5.74, 6) is 0.886. The maximum Gasteiger partial charge on any atom is 0.0667 e. The van der Waals surface area contributed by atoms with Crippen LogP contribution in [0.4, 0.5) is 0 Å². The number of alkyl halides is 1. The molecule has 2 radical (unpaired) electrons. The largest absolute Gasteiger partial charge is 0.178 e. The molecule has 0 amide bonds. The van der Waals surface area contributed by atoms with E-state index in [0.29, 0.717) is 3.92 Å². The number of hydrogen-bond donors (Lipinski definition) is 1. The summed E-state index contributed by atoms with van der Waals surface area (Å²) in [6.45, 7) is 0. The molecular formula is C3H6BIS. The maximum atomic E-state index is 5.23. The average molecular weight is 212 g/mol. The van der Waals surface area contributed by atoms with Crippen LogP contribution in [-0.4, -0.2) is 17.5 Å². The Kier molecular flexibility index (Phi) is 5.13. The molecule has 0 N–H and O–H groups in total. The van der Waals surface area contributed by atoms with E-state index in [1.165, 1.54) is 0 Å². The zero-order chi connectivity index (χ0) is 4.99. The molecule has 1 unspecified atom stereocenters. The number of rotatable bonds is 2. The Morgan fingerprint density at radius 1 is 1.83 bits per heavy atom. The molecule has 0 bridgehead atoms. The summed E-state index contributed by atoms with van der Waals surface area (Å²) in [4.78, 5) is 0. The smallest absolute Gasteiger partial charge is 0.0667 e. The standard InChI is InChI=1S/C3H6BIS/c4-1-3(5)2-6/h3,6H,1-2H2. The fourth-order valence-corrected chi connectivity index (χ4v) is 0.224. The molecule has 0 aromatic rings. The Morgan fingerprint density at radius 2 is 2.33 bits per heavy atom. The first-order chi connectivity index (χ1) is 2.81. The number of hydrogen-bond acceptors (Lipinski definition) is 1. The van der Waals surface area contributed by atoms with E-state index in [1.807, 2.05) is 0 Å². The molecule has 0 nitrogen and oxygen atoms in total. The van der Waals surface area contributed by atoms with Gasteiger partial charge in [0.2, 0.25) is 0 Å². The van der Waals surface area contributed by atoms with Crippen LogP contribution in [0.1, 0.15) is 0 Å². The quantitative estimate of drug-likeness (QED) is 0.303. The minimum Gasteiger partial charge on any atom is -0.178 e. The zero-order valence-electron chi connectivity index (χ0n) is 3.39. The minimum atomic E-state index is 0.547. The Bertz CT molecular complexity index is 30.0. The van der Waals surface area contributed by atoms with Crippen LogP contribution in [0, 0.1) is 0 Å². The Morgan fingerprint density at radius 3 is 2.33 bits per heavy atom. The molecule has 0 saturated heterocycles. The van der Waals surface area contributed by atoms with Crippen molar-refractivity contribution in [2.75, 3.05) is 5.75 Å². The summed E-state index contributed by atoms with van der Waals surface area (Å²) < 4.78 is 0.547. The van der Waals surface area contributed by atoms with Gasteiger partial charge in [-0.2, -0.15) is 12.6 Å². The highest BCUT2D eigenvalue weighted by Crippen LogP contribution is 2.04. The molecule has 1 atom stereocenters. The predicted molar refractivity (Wildman–Crippen MR) is 42.2 cm³/mol. The van der Waals surface area contributed by atoms with Gasteiger partial charge < -0.3 is 0 Å². The highest BCUT2D eigenvalue weighted by molar-refractivity contribution is 14.1. The van der Waals surface area contributed by atoms with E-state index in [2.05, 4.69) is 35.2 Å². The SMILES string of the molecule is [B]CC(I)CS. The first-order valence-electron chi connectivity index (χ1n) is 1.76. The molecule has 0 aromatic heterocycles. The molecule has 0 saturated carbocycles. The van der Waals surface area contributed by atoms with Gasteiger partial charge in [-0.1, -0.05) is 28.9 Å².